The van der Waals surface area contributed by atoms with Gasteiger partial charge in [0.2, 0.25) is 0 Å². The zero-order valence-corrected chi connectivity index (χ0v) is 9.27. The number of thioether (sulfide) groups is 1. The van der Waals surface area contributed by atoms with Gasteiger partial charge in [-0.25, -0.2) is 0 Å². The van der Waals surface area contributed by atoms with E-state index in [0.717, 1.165) is 0 Å². The van der Waals surface area contributed by atoms with Crippen molar-refractivity contribution in [2.75, 3.05) is 12.0 Å². The summed E-state index contributed by atoms with van der Waals surface area (Å²) in [6, 6.07) is 5.48. The van der Waals surface area contributed by atoms with Gasteiger partial charge in [-0.2, -0.15) is 20.1 Å². The molecule has 0 amide bonds. The number of nitriles is 1. The van der Waals surface area contributed by atoms with E-state index >= 15 is 0 Å². The van der Waals surface area contributed by atoms with Gasteiger partial charge >= 0.3 is 0 Å². The van der Waals surface area contributed by atoms with Crippen molar-refractivity contribution < 1.29 is 0 Å². The summed E-state index contributed by atoms with van der Waals surface area (Å²) in [5, 5.41) is 21.4. The predicted molar refractivity (Wildman–Crippen MR) is 60.1 cm³/mol. The van der Waals surface area contributed by atoms with Crippen LogP contribution in [0, 0.1) is 11.3 Å². The van der Waals surface area contributed by atoms with Crippen LogP contribution in [0.3, 0.4) is 0 Å². The second-order valence-electron chi connectivity index (χ2n) is 2.87. The number of hydrogen-bond donors (Lipinski definition) is 1. The first-order valence-corrected chi connectivity index (χ1v) is 5.61. The first-order valence-electron chi connectivity index (χ1n) is 4.38. The first-order chi connectivity index (χ1) is 7.77. The molecular weight excluding hydrogens is 224 g/mol. The van der Waals surface area contributed by atoms with Gasteiger partial charge in [0, 0.05) is 6.20 Å². The minimum atomic E-state index is 0.285. The van der Waals surface area contributed by atoms with E-state index < -0.39 is 0 Å². The molecular formula is C9H8N6S. The van der Waals surface area contributed by atoms with E-state index in [-0.39, 0.29) is 5.82 Å². The van der Waals surface area contributed by atoms with Crippen LogP contribution in [-0.2, 0) is 0 Å². The van der Waals surface area contributed by atoms with Gasteiger partial charge in [0.25, 0.3) is 0 Å². The van der Waals surface area contributed by atoms with Crippen molar-refractivity contribution in [2.24, 2.45) is 0 Å². The summed E-state index contributed by atoms with van der Waals surface area (Å²) in [5.41, 5.74) is 6.19. The standard InChI is InChI=1S/C9H8N6S/c1-16-9-6(5-10)8(11)15(14-9)7-3-2-4-12-13-7/h2-4H,11H2,1H3. The molecule has 0 bridgehead atoms. The van der Waals surface area contributed by atoms with Gasteiger partial charge in [-0.3, -0.25) is 0 Å². The SMILES string of the molecule is CSc1nn(-c2cccnn2)c(N)c1C#N. The third kappa shape index (κ3) is 1.59. The van der Waals surface area contributed by atoms with Crippen molar-refractivity contribution in [3.05, 3.63) is 23.9 Å². The number of nitrogens with zero attached hydrogens (tertiary/aromatic N) is 5. The zero-order valence-electron chi connectivity index (χ0n) is 8.45. The molecule has 2 N–H and O–H groups in total. The maximum Gasteiger partial charge on any atom is 0.178 e. The van der Waals surface area contributed by atoms with Crippen molar-refractivity contribution in [3.63, 3.8) is 0 Å². The van der Waals surface area contributed by atoms with Crippen molar-refractivity contribution in [2.45, 2.75) is 5.03 Å². The van der Waals surface area contributed by atoms with Crippen molar-refractivity contribution in [1.29, 1.82) is 5.26 Å². The van der Waals surface area contributed by atoms with E-state index in [2.05, 4.69) is 15.3 Å². The summed E-state index contributed by atoms with van der Waals surface area (Å²) in [4.78, 5) is 0. The van der Waals surface area contributed by atoms with Gasteiger partial charge in [-0.15, -0.1) is 16.9 Å². The number of hydrogen-bond acceptors (Lipinski definition) is 6. The molecule has 0 fully saturated rings. The Kier molecular flexibility index (Phi) is 2.74. The van der Waals surface area contributed by atoms with Crippen molar-refractivity contribution in [1.82, 2.24) is 20.0 Å². The second-order valence-corrected chi connectivity index (χ2v) is 3.67. The molecule has 2 aromatic rings. The average molecular weight is 232 g/mol. The van der Waals surface area contributed by atoms with Gasteiger partial charge in [0.1, 0.15) is 22.5 Å². The Morgan fingerprint density at radius 2 is 2.38 bits per heavy atom. The molecule has 80 valence electrons. The quantitative estimate of drug-likeness (QED) is 0.771. The van der Waals surface area contributed by atoms with E-state index in [1.54, 1.807) is 18.3 Å². The monoisotopic (exact) mass is 232 g/mol. The Hall–Kier alpha value is -2.07. The van der Waals surface area contributed by atoms with Gasteiger partial charge in [-0.05, 0) is 18.4 Å². The third-order valence-corrected chi connectivity index (χ3v) is 2.64. The molecule has 0 saturated heterocycles. The first kappa shape index (κ1) is 10.4. The van der Waals surface area contributed by atoms with Gasteiger partial charge in [0.15, 0.2) is 5.82 Å². The molecule has 7 heteroatoms. The van der Waals surface area contributed by atoms with Crippen LogP contribution in [0.2, 0.25) is 0 Å². The fourth-order valence-electron chi connectivity index (χ4n) is 1.24. The second kappa shape index (κ2) is 4.20. The van der Waals surface area contributed by atoms with Crippen LogP contribution >= 0.6 is 11.8 Å². The van der Waals surface area contributed by atoms with E-state index in [4.69, 9.17) is 11.0 Å². The van der Waals surface area contributed by atoms with E-state index in [1.165, 1.54) is 16.4 Å². The lowest BCUT2D eigenvalue weighted by atomic mass is 10.4. The molecule has 6 nitrogen and oxygen atoms in total. The van der Waals surface area contributed by atoms with Crippen molar-refractivity contribution in [3.8, 4) is 11.9 Å². The molecule has 0 aliphatic heterocycles. The van der Waals surface area contributed by atoms with Crippen LogP contribution in [0.4, 0.5) is 5.82 Å². The summed E-state index contributed by atoms with van der Waals surface area (Å²) in [6.45, 7) is 0. The largest absolute Gasteiger partial charge is 0.382 e. The highest BCUT2D eigenvalue weighted by atomic mass is 32.2. The molecule has 0 atom stereocenters. The molecule has 0 aliphatic rings. The molecule has 0 saturated carbocycles. The van der Waals surface area contributed by atoms with Crippen LogP contribution < -0.4 is 5.73 Å². The highest BCUT2D eigenvalue weighted by molar-refractivity contribution is 7.98. The minimum absolute atomic E-state index is 0.285. The molecule has 0 unspecified atom stereocenters. The third-order valence-electron chi connectivity index (χ3n) is 1.97. The van der Waals surface area contributed by atoms with E-state index in [1.807, 2.05) is 12.3 Å². The fourth-order valence-corrected chi connectivity index (χ4v) is 1.76. The molecule has 0 spiro atoms. The Morgan fingerprint density at radius 3 is 2.88 bits per heavy atom. The topological polar surface area (TPSA) is 93.4 Å². The van der Waals surface area contributed by atoms with Crippen LogP contribution in [0.1, 0.15) is 5.56 Å². The lowest BCUT2D eigenvalue weighted by Crippen LogP contribution is -2.04. The molecule has 2 heterocycles. The molecule has 0 aromatic carbocycles. The summed E-state index contributed by atoms with van der Waals surface area (Å²) in [5.74, 6) is 0.782. The van der Waals surface area contributed by atoms with Crippen LogP contribution in [0.5, 0.6) is 0 Å². The number of rotatable bonds is 2. The highest BCUT2D eigenvalue weighted by Crippen LogP contribution is 2.25. The predicted octanol–water partition coefficient (Wildman–Crippen LogP) is 0.838. The molecule has 0 aliphatic carbocycles. The number of nitrogens with two attached hydrogens (primary N) is 1. The molecule has 2 rings (SSSR count). The summed E-state index contributed by atoms with van der Waals surface area (Å²) >= 11 is 1.37. The Morgan fingerprint density at radius 1 is 1.56 bits per heavy atom. The highest BCUT2D eigenvalue weighted by Gasteiger charge is 2.16. The van der Waals surface area contributed by atoms with Crippen LogP contribution in [0.25, 0.3) is 5.82 Å². The minimum Gasteiger partial charge on any atom is -0.382 e. The Labute approximate surface area is 96.1 Å². The Bertz CT molecular complexity index is 541. The number of nitrogen functional groups attached to an aromatic ring is 1. The molecule has 2 aromatic heterocycles. The average Bonchev–Trinajstić information content (AvgIpc) is 2.66. The lowest BCUT2D eigenvalue weighted by Gasteiger charge is -1.99. The zero-order chi connectivity index (χ0) is 11.5. The maximum absolute atomic E-state index is 8.96. The van der Waals surface area contributed by atoms with Crippen molar-refractivity contribution >= 4 is 17.6 Å². The summed E-state index contributed by atoms with van der Waals surface area (Å²) in [6.07, 6.45) is 3.40. The van der Waals surface area contributed by atoms with Gasteiger partial charge in [0.05, 0.1) is 0 Å². The van der Waals surface area contributed by atoms with Gasteiger partial charge < -0.3 is 5.73 Å². The smallest absolute Gasteiger partial charge is 0.178 e. The lowest BCUT2D eigenvalue weighted by molar-refractivity contribution is 0.794. The van der Waals surface area contributed by atoms with E-state index in [0.29, 0.717) is 16.4 Å². The number of anilines is 1. The number of aromatic nitrogens is 4. The van der Waals surface area contributed by atoms with Gasteiger partial charge in [-0.1, -0.05) is 0 Å². The fraction of sp³-hybridized carbons (Fsp3) is 0.111. The molecule has 0 radical (unpaired) electrons. The van der Waals surface area contributed by atoms with Crippen LogP contribution in [0.15, 0.2) is 23.4 Å². The van der Waals surface area contributed by atoms with Crippen LogP contribution in [-0.4, -0.2) is 26.2 Å². The van der Waals surface area contributed by atoms with E-state index in [9.17, 15) is 0 Å². The summed E-state index contributed by atoms with van der Waals surface area (Å²) in [7, 11) is 0. The normalized spacial score (nSPS) is 10.0. The Balaban J connectivity index is 2.60. The maximum atomic E-state index is 8.96. The summed E-state index contributed by atoms with van der Waals surface area (Å²) < 4.78 is 1.41. The molecule has 16 heavy (non-hydrogen) atoms.